The molecule has 0 spiro atoms. The number of rotatable bonds is 7. The fourth-order valence-electron chi connectivity index (χ4n) is 6.14. The molecule has 0 aromatic carbocycles. The average molecular weight is 372 g/mol. The Hall–Kier alpha value is -0.860. The minimum atomic E-state index is 0.242. The Bertz CT molecular complexity index is 630. The van der Waals surface area contributed by atoms with Crippen LogP contribution in [0.1, 0.15) is 85.5 Å². The summed E-state index contributed by atoms with van der Waals surface area (Å²) in [5.41, 5.74) is 6.75. The Balaban J connectivity index is 1.68. The third kappa shape index (κ3) is 4.43. The van der Waals surface area contributed by atoms with Gasteiger partial charge in [0.25, 0.3) is 0 Å². The summed E-state index contributed by atoms with van der Waals surface area (Å²) in [5, 5.41) is 13.2. The second kappa shape index (κ2) is 8.25. The third-order valence-corrected chi connectivity index (χ3v) is 8.01. The molecule has 3 aliphatic rings. The lowest BCUT2D eigenvalue weighted by molar-refractivity contribution is 0.221. The van der Waals surface area contributed by atoms with E-state index >= 15 is 0 Å². The molecule has 0 unspecified atom stereocenters. The SMILES string of the molecule is C=C(C)[C@@H]1CC[C@@]2(C)CC(CN[C@]3(C)CCC[C@H]3CCCO)=CC(C)=C2C1. The van der Waals surface area contributed by atoms with E-state index in [1.165, 1.54) is 56.1 Å². The van der Waals surface area contributed by atoms with Gasteiger partial charge in [-0.2, -0.15) is 0 Å². The van der Waals surface area contributed by atoms with Crippen LogP contribution in [0.25, 0.3) is 0 Å². The maximum atomic E-state index is 9.21. The van der Waals surface area contributed by atoms with Crippen LogP contribution in [0.15, 0.2) is 34.9 Å². The van der Waals surface area contributed by atoms with Crippen LogP contribution in [-0.2, 0) is 0 Å². The Labute approximate surface area is 167 Å². The fourth-order valence-corrected chi connectivity index (χ4v) is 6.14. The normalized spacial score (nSPS) is 36.6. The predicted molar refractivity (Wildman–Crippen MR) is 116 cm³/mol. The van der Waals surface area contributed by atoms with Gasteiger partial charge in [0.15, 0.2) is 0 Å². The summed E-state index contributed by atoms with van der Waals surface area (Å²) < 4.78 is 0. The summed E-state index contributed by atoms with van der Waals surface area (Å²) in [6.07, 6.45) is 13.5. The van der Waals surface area contributed by atoms with E-state index < -0.39 is 0 Å². The molecule has 0 saturated heterocycles. The zero-order chi connectivity index (χ0) is 19.7. The zero-order valence-electron chi connectivity index (χ0n) is 18.2. The molecular formula is C25H41NO. The highest BCUT2D eigenvalue weighted by Gasteiger charge is 2.41. The summed E-state index contributed by atoms with van der Waals surface area (Å²) in [4.78, 5) is 0. The molecule has 0 bridgehead atoms. The Morgan fingerprint density at radius 1 is 1.30 bits per heavy atom. The molecule has 0 radical (unpaired) electrons. The van der Waals surface area contributed by atoms with Crippen molar-refractivity contribution in [3.05, 3.63) is 34.9 Å². The van der Waals surface area contributed by atoms with Crippen molar-refractivity contribution in [3.8, 4) is 0 Å². The highest BCUT2D eigenvalue weighted by atomic mass is 16.2. The van der Waals surface area contributed by atoms with Crippen LogP contribution in [0.5, 0.6) is 0 Å². The number of nitrogens with one attached hydrogen (secondary N) is 1. The minimum absolute atomic E-state index is 0.242. The Kier molecular flexibility index (Phi) is 6.37. The summed E-state index contributed by atoms with van der Waals surface area (Å²) >= 11 is 0. The minimum Gasteiger partial charge on any atom is -0.396 e. The number of aliphatic hydroxyl groups excluding tert-OH is 1. The quantitative estimate of drug-likeness (QED) is 0.543. The van der Waals surface area contributed by atoms with Crippen molar-refractivity contribution in [3.63, 3.8) is 0 Å². The molecule has 0 heterocycles. The van der Waals surface area contributed by atoms with Crippen LogP contribution in [-0.4, -0.2) is 23.8 Å². The van der Waals surface area contributed by atoms with E-state index in [2.05, 4.69) is 45.7 Å². The summed E-state index contributed by atoms with van der Waals surface area (Å²) in [7, 11) is 0. The van der Waals surface area contributed by atoms with Gasteiger partial charge in [-0.05, 0) is 89.4 Å². The van der Waals surface area contributed by atoms with Gasteiger partial charge in [0, 0.05) is 18.7 Å². The molecule has 3 aliphatic carbocycles. The molecule has 0 aliphatic heterocycles. The molecule has 2 saturated carbocycles. The molecular weight excluding hydrogens is 330 g/mol. The van der Waals surface area contributed by atoms with Crippen molar-refractivity contribution in [2.45, 2.75) is 91.0 Å². The first kappa shape index (κ1) is 20.9. The third-order valence-electron chi connectivity index (χ3n) is 8.01. The molecule has 2 heteroatoms. The van der Waals surface area contributed by atoms with E-state index in [1.54, 1.807) is 11.1 Å². The van der Waals surface area contributed by atoms with Crippen molar-refractivity contribution >= 4 is 0 Å². The number of aliphatic hydroxyl groups is 1. The predicted octanol–water partition coefficient (Wildman–Crippen LogP) is 5.94. The number of hydrogen-bond donors (Lipinski definition) is 2. The van der Waals surface area contributed by atoms with Crippen molar-refractivity contribution < 1.29 is 5.11 Å². The second-order valence-electron chi connectivity index (χ2n) is 10.2. The van der Waals surface area contributed by atoms with Gasteiger partial charge in [-0.25, -0.2) is 0 Å². The standard InChI is InChI=1S/C25H41NO/c1-18(2)21-10-12-24(4)16-20(14-19(3)23(24)15-21)17-26-25(5)11-6-8-22(25)9-7-13-27/h14,21-22,26-27H,1,6-13,15-17H2,2-5H3/t21-,22+,24+,25-/m1/s1. The van der Waals surface area contributed by atoms with E-state index in [-0.39, 0.29) is 5.54 Å². The molecule has 0 aromatic heterocycles. The average Bonchev–Trinajstić information content (AvgIpc) is 2.98. The highest BCUT2D eigenvalue weighted by molar-refractivity contribution is 5.39. The maximum Gasteiger partial charge on any atom is 0.0431 e. The molecule has 0 amide bonds. The molecule has 2 fully saturated rings. The zero-order valence-corrected chi connectivity index (χ0v) is 18.2. The first-order chi connectivity index (χ1) is 12.8. The van der Waals surface area contributed by atoms with Crippen molar-refractivity contribution in [1.29, 1.82) is 0 Å². The smallest absolute Gasteiger partial charge is 0.0431 e. The lowest BCUT2D eigenvalue weighted by Gasteiger charge is -2.45. The van der Waals surface area contributed by atoms with E-state index in [0.29, 0.717) is 23.9 Å². The van der Waals surface area contributed by atoms with Crippen molar-refractivity contribution in [2.24, 2.45) is 17.3 Å². The second-order valence-corrected chi connectivity index (χ2v) is 10.2. The van der Waals surface area contributed by atoms with Crippen LogP contribution in [0.3, 0.4) is 0 Å². The van der Waals surface area contributed by atoms with Crippen LogP contribution in [0.2, 0.25) is 0 Å². The largest absolute Gasteiger partial charge is 0.396 e. The summed E-state index contributed by atoms with van der Waals surface area (Å²) in [6.45, 7) is 15.0. The molecule has 2 N–H and O–H groups in total. The van der Waals surface area contributed by atoms with E-state index in [4.69, 9.17) is 0 Å². The van der Waals surface area contributed by atoms with E-state index in [1.807, 2.05) is 0 Å². The van der Waals surface area contributed by atoms with Crippen LogP contribution in [0.4, 0.5) is 0 Å². The number of hydrogen-bond acceptors (Lipinski definition) is 2. The number of fused-ring (bicyclic) bond motifs is 1. The highest BCUT2D eigenvalue weighted by Crippen LogP contribution is 2.52. The fraction of sp³-hybridized carbons (Fsp3) is 0.760. The van der Waals surface area contributed by atoms with Gasteiger partial charge in [-0.3, -0.25) is 0 Å². The first-order valence-electron chi connectivity index (χ1n) is 11.2. The van der Waals surface area contributed by atoms with Gasteiger partial charge in [-0.1, -0.05) is 48.3 Å². The summed E-state index contributed by atoms with van der Waals surface area (Å²) in [6, 6.07) is 0. The van der Waals surface area contributed by atoms with Crippen LogP contribution < -0.4 is 5.32 Å². The van der Waals surface area contributed by atoms with E-state index in [9.17, 15) is 5.11 Å². The van der Waals surface area contributed by atoms with Crippen molar-refractivity contribution in [2.75, 3.05) is 13.2 Å². The van der Waals surface area contributed by atoms with Gasteiger partial charge in [0.05, 0.1) is 0 Å². The van der Waals surface area contributed by atoms with Crippen LogP contribution >= 0.6 is 0 Å². The lowest BCUT2D eigenvalue weighted by Crippen LogP contribution is -2.47. The lowest BCUT2D eigenvalue weighted by atomic mass is 9.61. The van der Waals surface area contributed by atoms with E-state index in [0.717, 1.165) is 19.4 Å². The van der Waals surface area contributed by atoms with Gasteiger partial charge in [-0.15, -0.1) is 0 Å². The Morgan fingerprint density at radius 2 is 2.07 bits per heavy atom. The monoisotopic (exact) mass is 371 g/mol. The first-order valence-corrected chi connectivity index (χ1v) is 11.2. The molecule has 0 aromatic rings. The van der Waals surface area contributed by atoms with Gasteiger partial charge >= 0.3 is 0 Å². The van der Waals surface area contributed by atoms with Gasteiger partial charge in [0.1, 0.15) is 0 Å². The molecule has 4 atom stereocenters. The molecule has 2 nitrogen and oxygen atoms in total. The topological polar surface area (TPSA) is 32.3 Å². The van der Waals surface area contributed by atoms with Gasteiger partial charge < -0.3 is 10.4 Å². The van der Waals surface area contributed by atoms with Crippen LogP contribution in [0, 0.1) is 17.3 Å². The Morgan fingerprint density at radius 3 is 2.78 bits per heavy atom. The molecule has 152 valence electrons. The van der Waals surface area contributed by atoms with Crippen molar-refractivity contribution in [1.82, 2.24) is 5.32 Å². The number of allylic oxidation sites excluding steroid dienone is 4. The molecule has 3 rings (SSSR count). The van der Waals surface area contributed by atoms with Gasteiger partial charge in [0.2, 0.25) is 0 Å². The molecule has 27 heavy (non-hydrogen) atoms. The maximum absolute atomic E-state index is 9.21. The summed E-state index contributed by atoms with van der Waals surface area (Å²) in [5.74, 6) is 1.39.